The third kappa shape index (κ3) is 2.65. The molecule has 0 fully saturated rings. The first-order valence-corrected chi connectivity index (χ1v) is 3.20. The summed E-state index contributed by atoms with van der Waals surface area (Å²) in [6.45, 7) is 2.91. The van der Waals surface area contributed by atoms with Gasteiger partial charge in [-0.1, -0.05) is 13.8 Å². The summed E-state index contributed by atoms with van der Waals surface area (Å²) >= 11 is 0. The minimum Gasteiger partial charge on any atom is -0.459 e. The molecule has 0 aliphatic heterocycles. The van der Waals surface area contributed by atoms with Crippen molar-refractivity contribution in [2.24, 2.45) is 0 Å². The third-order valence-corrected chi connectivity index (χ3v) is 1.67. The van der Waals surface area contributed by atoms with Crippen LogP contribution in [0.3, 0.4) is 0 Å². The molecule has 0 aliphatic carbocycles. The zero-order valence-electron chi connectivity index (χ0n) is 4.47. The van der Waals surface area contributed by atoms with Gasteiger partial charge in [0.05, 0.1) is 0 Å². The summed E-state index contributed by atoms with van der Waals surface area (Å²) in [5, 5.41) is 8.73. The molecule has 0 bridgehead atoms. The lowest BCUT2D eigenvalue weighted by Crippen LogP contribution is -2.18. The van der Waals surface area contributed by atoms with Gasteiger partial charge in [0.2, 0.25) is 0 Å². The maximum Gasteiger partial charge on any atom is 0.0109 e. The molecule has 2 nitrogen and oxygen atoms in total. The van der Waals surface area contributed by atoms with Gasteiger partial charge in [-0.3, -0.25) is 0 Å². The summed E-state index contributed by atoms with van der Waals surface area (Å²) in [6, 6.07) is 0. The first-order chi connectivity index (χ1) is 2.94. The fraction of sp³-hybridized carbons (Fsp3) is 0.750. The van der Waals surface area contributed by atoms with Crippen LogP contribution in [0.2, 0.25) is 0 Å². The Bertz CT molecular complexity index is 110. The molecule has 0 atom stereocenters. The lowest BCUT2D eigenvalue weighted by atomic mass is 10.5. The highest BCUT2D eigenvalue weighted by Crippen LogP contribution is 1.98. The van der Waals surface area contributed by atoms with Crippen LogP contribution in [0.1, 0.15) is 13.8 Å². The van der Waals surface area contributed by atoms with Crippen LogP contribution in [0.5, 0.6) is 0 Å². The summed E-state index contributed by atoms with van der Waals surface area (Å²) in [5.74, 6) is 3.13. The Kier molecular flexibility index (Phi) is 1.83. The highest BCUT2D eigenvalue weighted by molar-refractivity contribution is 7.83. The van der Waals surface area contributed by atoms with E-state index in [0.717, 1.165) is 0 Å². The van der Waals surface area contributed by atoms with Crippen LogP contribution in [0.15, 0.2) is 0 Å². The van der Waals surface area contributed by atoms with Crippen molar-refractivity contribution in [2.45, 2.75) is 18.8 Å². The van der Waals surface area contributed by atoms with E-state index < -0.39 is 15.3 Å². The Hall–Kier alpha value is -0.0200. The van der Waals surface area contributed by atoms with Crippen LogP contribution in [0, 0.1) is 0 Å². The van der Waals surface area contributed by atoms with Gasteiger partial charge >= 0.3 is 0 Å². The van der Waals surface area contributed by atoms with Gasteiger partial charge in [-0.2, -0.15) is 5.87 Å². The predicted octanol–water partition coefficient (Wildman–Crippen LogP) is 0.111. The average molecular weight is 121 g/mol. The average Bonchev–Trinajstić information content (AvgIpc) is 1.31. The van der Waals surface area contributed by atoms with Crippen molar-refractivity contribution < 1.29 is 9.32 Å². The minimum atomic E-state index is -1.38. The lowest BCUT2D eigenvalue weighted by molar-refractivity contribution is 0.174. The van der Waals surface area contributed by atoms with E-state index >= 15 is 0 Å². The zero-order chi connectivity index (χ0) is 6.08. The lowest BCUT2D eigenvalue weighted by Gasteiger charge is -2.19. The first kappa shape index (κ1) is 6.98. The summed E-state index contributed by atoms with van der Waals surface area (Å²) in [6.07, 6.45) is 0. The van der Waals surface area contributed by atoms with Crippen LogP contribution in [0.25, 0.3) is 0 Å². The second-order valence-corrected chi connectivity index (χ2v) is 3.48. The van der Waals surface area contributed by atoms with Crippen molar-refractivity contribution >= 4 is 16.3 Å². The molecular formula is C4H9O2S-. The molecule has 0 saturated heterocycles. The molecule has 0 heterocycles. The van der Waals surface area contributed by atoms with Gasteiger partial charge in [-0.25, -0.2) is 10.4 Å². The minimum absolute atomic E-state index is 1.14. The van der Waals surface area contributed by atoms with Gasteiger partial charge in [-0.15, -0.1) is 0 Å². The van der Waals surface area contributed by atoms with Crippen molar-refractivity contribution in [3.05, 3.63) is 0 Å². The van der Waals surface area contributed by atoms with Crippen LogP contribution < -0.4 is 0 Å². The highest BCUT2D eigenvalue weighted by Gasteiger charge is 1.98. The van der Waals surface area contributed by atoms with E-state index in [1.54, 1.807) is 0 Å². The predicted molar refractivity (Wildman–Crippen MR) is 31.5 cm³/mol. The SMILES string of the molecule is C=[S-](=O)C(C)(C)O. The van der Waals surface area contributed by atoms with Gasteiger partial charge in [0.15, 0.2) is 0 Å². The fourth-order valence-corrected chi connectivity index (χ4v) is 0. The molecule has 0 aliphatic rings. The Morgan fingerprint density at radius 3 is 1.86 bits per heavy atom. The van der Waals surface area contributed by atoms with E-state index in [2.05, 4.69) is 5.87 Å². The molecule has 0 spiro atoms. The monoisotopic (exact) mass is 121 g/mol. The van der Waals surface area contributed by atoms with Gasteiger partial charge in [0.25, 0.3) is 0 Å². The summed E-state index contributed by atoms with van der Waals surface area (Å²) in [5.41, 5.74) is 0. The molecule has 3 heteroatoms. The van der Waals surface area contributed by atoms with Crippen molar-refractivity contribution in [1.29, 1.82) is 0 Å². The number of hydrogen-bond acceptors (Lipinski definition) is 3. The van der Waals surface area contributed by atoms with Crippen LogP contribution in [-0.4, -0.2) is 15.9 Å². The highest BCUT2D eigenvalue weighted by atomic mass is 32.2. The summed E-state index contributed by atoms with van der Waals surface area (Å²) in [7, 11) is -1.38. The van der Waals surface area contributed by atoms with Crippen LogP contribution in [-0.2, 0) is 14.6 Å². The molecule has 0 aromatic rings. The number of aliphatic hydroxyl groups is 1. The van der Waals surface area contributed by atoms with E-state index in [1.165, 1.54) is 13.8 Å². The van der Waals surface area contributed by atoms with Gasteiger partial charge < -0.3 is 9.32 Å². The Morgan fingerprint density at radius 1 is 1.71 bits per heavy atom. The molecule has 0 radical (unpaired) electrons. The van der Waals surface area contributed by atoms with Crippen molar-refractivity contribution in [3.63, 3.8) is 0 Å². The molecule has 0 unspecified atom stereocenters. The standard InChI is InChI=1S/C4H9O2S/c1-4(2,5)7(3)6/h5H,3H2,1-2H3/q-1. The quantitative estimate of drug-likeness (QED) is 0.395. The maximum absolute atomic E-state index is 10.2. The van der Waals surface area contributed by atoms with Crippen molar-refractivity contribution in [3.8, 4) is 0 Å². The van der Waals surface area contributed by atoms with Crippen molar-refractivity contribution in [1.82, 2.24) is 0 Å². The summed E-state index contributed by atoms with van der Waals surface area (Å²) in [4.78, 5) is -1.14. The number of rotatable bonds is 1. The van der Waals surface area contributed by atoms with Crippen LogP contribution >= 0.6 is 0 Å². The molecule has 1 N–H and O–H groups in total. The Labute approximate surface area is 45.2 Å². The Balaban J connectivity index is 4.08. The molecule has 0 saturated carbocycles. The largest absolute Gasteiger partial charge is 0.459 e. The van der Waals surface area contributed by atoms with E-state index in [-0.39, 0.29) is 0 Å². The Morgan fingerprint density at radius 2 is 1.86 bits per heavy atom. The van der Waals surface area contributed by atoms with Gasteiger partial charge in [0, 0.05) is 4.93 Å². The van der Waals surface area contributed by atoms with E-state index in [0.29, 0.717) is 0 Å². The molecular weight excluding hydrogens is 112 g/mol. The molecule has 0 amide bonds. The first-order valence-electron chi connectivity index (χ1n) is 1.88. The second kappa shape index (κ2) is 1.84. The molecule has 0 rings (SSSR count). The fourth-order valence-electron chi connectivity index (χ4n) is 0. The van der Waals surface area contributed by atoms with E-state index in [4.69, 9.17) is 5.11 Å². The zero-order valence-corrected chi connectivity index (χ0v) is 5.29. The molecule has 0 aromatic heterocycles. The van der Waals surface area contributed by atoms with Crippen molar-refractivity contribution in [2.75, 3.05) is 0 Å². The third-order valence-electron chi connectivity index (χ3n) is 0.557. The maximum atomic E-state index is 10.2. The van der Waals surface area contributed by atoms with Gasteiger partial charge in [-0.05, 0) is 0 Å². The molecule has 44 valence electrons. The van der Waals surface area contributed by atoms with Crippen LogP contribution in [0.4, 0.5) is 0 Å². The van der Waals surface area contributed by atoms with E-state index in [1.807, 2.05) is 0 Å². The normalized spacial score (nSPS) is 12.6. The topological polar surface area (TPSA) is 37.3 Å². The number of hydrogen-bond donors (Lipinski definition) is 1. The summed E-state index contributed by atoms with van der Waals surface area (Å²) < 4.78 is 10.2. The van der Waals surface area contributed by atoms with Gasteiger partial charge in [0.1, 0.15) is 0 Å². The molecule has 0 aromatic carbocycles. The smallest absolute Gasteiger partial charge is 0.0109 e. The van der Waals surface area contributed by atoms with E-state index in [9.17, 15) is 4.21 Å². The second-order valence-electron chi connectivity index (χ2n) is 1.79. The molecule has 7 heavy (non-hydrogen) atoms.